The van der Waals surface area contributed by atoms with E-state index in [0.717, 1.165) is 25.9 Å². The van der Waals surface area contributed by atoms with Gasteiger partial charge in [0.2, 0.25) is 0 Å². The predicted octanol–water partition coefficient (Wildman–Crippen LogP) is 2.89. The molecule has 0 bridgehead atoms. The number of morpholine rings is 1. The monoisotopic (exact) mass is 312 g/mol. The number of hydrogen-bond donors (Lipinski definition) is 0. The van der Waals surface area contributed by atoms with Gasteiger partial charge in [0, 0.05) is 32.2 Å². The van der Waals surface area contributed by atoms with Gasteiger partial charge < -0.3 is 14.4 Å². The molecule has 2 heterocycles. The number of amides is 1. The summed E-state index contributed by atoms with van der Waals surface area (Å²) >= 11 is 0. The number of rotatable bonds is 1. The normalized spacial score (nSPS) is 26.5. The van der Waals surface area contributed by atoms with Crippen LogP contribution in [0.25, 0.3) is 0 Å². The number of likely N-dealkylation sites (tertiary alicyclic amines) is 1. The third-order valence-electron chi connectivity index (χ3n) is 4.49. The highest BCUT2D eigenvalue weighted by Crippen LogP contribution is 2.33. The van der Waals surface area contributed by atoms with Crippen LogP contribution in [-0.4, -0.2) is 65.4 Å². The topological polar surface area (TPSA) is 42.0 Å². The molecule has 0 aliphatic carbocycles. The van der Waals surface area contributed by atoms with Crippen molar-refractivity contribution in [3.8, 4) is 0 Å². The fraction of sp³-hybridized carbons (Fsp3) is 0.941. The Morgan fingerprint density at radius 3 is 2.36 bits per heavy atom. The maximum absolute atomic E-state index is 12.2. The Morgan fingerprint density at radius 2 is 1.86 bits per heavy atom. The second-order valence-electron chi connectivity index (χ2n) is 8.10. The molecule has 5 heteroatoms. The third kappa shape index (κ3) is 4.35. The van der Waals surface area contributed by atoms with Crippen molar-refractivity contribution >= 4 is 6.09 Å². The van der Waals surface area contributed by atoms with Crippen molar-refractivity contribution in [1.82, 2.24) is 9.80 Å². The van der Waals surface area contributed by atoms with E-state index in [2.05, 4.69) is 25.7 Å². The van der Waals surface area contributed by atoms with Crippen molar-refractivity contribution in [1.29, 1.82) is 0 Å². The van der Waals surface area contributed by atoms with Crippen LogP contribution in [0.15, 0.2) is 0 Å². The molecule has 1 atom stereocenters. The van der Waals surface area contributed by atoms with Gasteiger partial charge in [0.15, 0.2) is 0 Å². The molecule has 0 saturated carbocycles. The largest absolute Gasteiger partial charge is 0.444 e. The quantitative estimate of drug-likeness (QED) is 0.746. The molecule has 0 unspecified atom stereocenters. The van der Waals surface area contributed by atoms with Gasteiger partial charge in [0.25, 0.3) is 0 Å². The summed E-state index contributed by atoms with van der Waals surface area (Å²) in [7, 11) is 0. The Kier molecular flexibility index (Phi) is 5.07. The second-order valence-corrected chi connectivity index (χ2v) is 8.10. The molecule has 1 spiro atoms. The average molecular weight is 312 g/mol. The van der Waals surface area contributed by atoms with Crippen LogP contribution < -0.4 is 0 Å². The molecule has 0 N–H and O–H groups in total. The molecule has 0 aromatic heterocycles. The van der Waals surface area contributed by atoms with Crippen LogP contribution in [-0.2, 0) is 9.47 Å². The van der Waals surface area contributed by atoms with Crippen LogP contribution in [0.3, 0.4) is 0 Å². The maximum atomic E-state index is 12.2. The molecular formula is C17H32N2O3. The summed E-state index contributed by atoms with van der Waals surface area (Å²) in [5.74, 6) is 0. The summed E-state index contributed by atoms with van der Waals surface area (Å²) < 4.78 is 11.8. The number of hydrogen-bond acceptors (Lipinski definition) is 4. The van der Waals surface area contributed by atoms with Gasteiger partial charge in [-0.25, -0.2) is 4.79 Å². The van der Waals surface area contributed by atoms with Gasteiger partial charge in [0.1, 0.15) is 5.60 Å². The summed E-state index contributed by atoms with van der Waals surface area (Å²) in [5, 5.41) is 0. The van der Waals surface area contributed by atoms with E-state index in [4.69, 9.17) is 9.47 Å². The van der Waals surface area contributed by atoms with Crippen LogP contribution in [0.5, 0.6) is 0 Å². The third-order valence-corrected chi connectivity index (χ3v) is 4.49. The van der Waals surface area contributed by atoms with Crippen LogP contribution in [0, 0.1) is 0 Å². The van der Waals surface area contributed by atoms with Crippen LogP contribution in [0.4, 0.5) is 4.79 Å². The van der Waals surface area contributed by atoms with Gasteiger partial charge in [-0.3, -0.25) is 4.90 Å². The highest BCUT2D eigenvalue weighted by atomic mass is 16.6. The molecule has 1 amide bonds. The van der Waals surface area contributed by atoms with Crippen LogP contribution in [0.2, 0.25) is 0 Å². The van der Waals surface area contributed by atoms with E-state index in [1.165, 1.54) is 0 Å². The molecule has 22 heavy (non-hydrogen) atoms. The zero-order valence-corrected chi connectivity index (χ0v) is 15.0. The fourth-order valence-electron chi connectivity index (χ4n) is 3.36. The summed E-state index contributed by atoms with van der Waals surface area (Å²) in [4.78, 5) is 16.5. The van der Waals surface area contributed by atoms with E-state index >= 15 is 0 Å². The maximum Gasteiger partial charge on any atom is 0.410 e. The molecule has 0 aromatic carbocycles. The average Bonchev–Trinajstić information content (AvgIpc) is 2.36. The molecule has 5 nitrogen and oxygen atoms in total. The highest BCUT2D eigenvalue weighted by molar-refractivity contribution is 5.68. The SMILES string of the molecule is CC(C)N1C[C@H](C)OC2(CCN(C(=O)OC(C)(C)C)CC2)C1. The van der Waals surface area contributed by atoms with E-state index in [1.54, 1.807) is 0 Å². The fourth-order valence-corrected chi connectivity index (χ4v) is 3.36. The second kappa shape index (κ2) is 6.36. The summed E-state index contributed by atoms with van der Waals surface area (Å²) in [6.07, 6.45) is 1.83. The first-order chi connectivity index (χ1) is 10.1. The Bertz CT molecular complexity index is 395. The zero-order chi connectivity index (χ0) is 16.5. The van der Waals surface area contributed by atoms with Gasteiger partial charge in [0.05, 0.1) is 11.7 Å². The summed E-state index contributed by atoms with van der Waals surface area (Å²) in [5.41, 5.74) is -0.531. The first-order valence-corrected chi connectivity index (χ1v) is 8.50. The lowest BCUT2D eigenvalue weighted by molar-refractivity contribution is -0.173. The number of carbonyl (C=O) groups excluding carboxylic acids is 1. The molecule has 0 radical (unpaired) electrons. The van der Waals surface area contributed by atoms with Gasteiger partial charge in [-0.2, -0.15) is 0 Å². The molecule has 128 valence electrons. The lowest BCUT2D eigenvalue weighted by Gasteiger charge is -2.50. The van der Waals surface area contributed by atoms with Crippen LogP contribution in [0.1, 0.15) is 54.4 Å². The first kappa shape index (κ1) is 17.5. The van der Waals surface area contributed by atoms with Gasteiger partial charge >= 0.3 is 6.09 Å². The summed E-state index contributed by atoms with van der Waals surface area (Å²) in [6, 6.07) is 0.534. The first-order valence-electron chi connectivity index (χ1n) is 8.50. The molecular weight excluding hydrogens is 280 g/mol. The number of carbonyl (C=O) groups is 1. The minimum atomic E-state index is -0.434. The standard InChI is InChI=1S/C17H32N2O3/c1-13(2)19-11-14(3)21-17(12-19)7-9-18(10-8-17)15(20)22-16(4,5)6/h13-14H,7-12H2,1-6H3/t14-/m0/s1. The van der Waals surface area contributed by atoms with Crippen molar-refractivity contribution in [2.45, 2.75) is 77.7 Å². The van der Waals surface area contributed by atoms with E-state index < -0.39 is 5.60 Å². The lowest BCUT2D eigenvalue weighted by atomic mass is 9.88. The van der Waals surface area contributed by atoms with Crippen molar-refractivity contribution in [2.75, 3.05) is 26.2 Å². The van der Waals surface area contributed by atoms with Crippen molar-refractivity contribution in [2.24, 2.45) is 0 Å². The van der Waals surface area contributed by atoms with Crippen molar-refractivity contribution < 1.29 is 14.3 Å². The Morgan fingerprint density at radius 1 is 1.27 bits per heavy atom. The van der Waals surface area contributed by atoms with Gasteiger partial charge in [-0.05, 0) is 54.4 Å². The summed E-state index contributed by atoms with van der Waals surface area (Å²) in [6.45, 7) is 15.7. The Labute approximate surface area is 134 Å². The molecule has 0 aromatic rings. The minimum absolute atomic E-state index is 0.0968. The lowest BCUT2D eigenvalue weighted by Crippen LogP contribution is -2.60. The molecule has 2 saturated heterocycles. The molecule has 2 aliphatic rings. The van der Waals surface area contributed by atoms with Gasteiger partial charge in [-0.15, -0.1) is 0 Å². The molecule has 2 fully saturated rings. The Balaban J connectivity index is 1.94. The minimum Gasteiger partial charge on any atom is -0.444 e. The number of nitrogens with zero attached hydrogens (tertiary/aromatic N) is 2. The number of ether oxygens (including phenoxy) is 2. The zero-order valence-electron chi connectivity index (χ0n) is 15.0. The van der Waals surface area contributed by atoms with E-state index in [1.807, 2.05) is 25.7 Å². The van der Waals surface area contributed by atoms with Crippen LogP contribution >= 0.6 is 0 Å². The van der Waals surface area contributed by atoms with E-state index in [0.29, 0.717) is 19.1 Å². The predicted molar refractivity (Wildman–Crippen MR) is 87.0 cm³/mol. The van der Waals surface area contributed by atoms with E-state index in [9.17, 15) is 4.79 Å². The van der Waals surface area contributed by atoms with Gasteiger partial charge in [-0.1, -0.05) is 0 Å². The molecule has 2 rings (SSSR count). The highest BCUT2D eigenvalue weighted by Gasteiger charge is 2.43. The smallest absolute Gasteiger partial charge is 0.410 e. The Hall–Kier alpha value is -0.810. The van der Waals surface area contributed by atoms with Crippen molar-refractivity contribution in [3.63, 3.8) is 0 Å². The van der Waals surface area contributed by atoms with Crippen molar-refractivity contribution in [3.05, 3.63) is 0 Å². The van der Waals surface area contributed by atoms with E-state index in [-0.39, 0.29) is 17.8 Å². The number of piperidine rings is 1. The molecule has 2 aliphatic heterocycles.